The van der Waals surface area contributed by atoms with E-state index in [1.165, 1.54) is 20.7 Å². The van der Waals surface area contributed by atoms with Crippen LogP contribution in [0.1, 0.15) is 12.5 Å². The summed E-state index contributed by atoms with van der Waals surface area (Å²) < 4.78 is 13.7. The molecule has 0 fully saturated rings. The van der Waals surface area contributed by atoms with Crippen LogP contribution in [0.3, 0.4) is 0 Å². The molecule has 2 aromatic heterocycles. The van der Waals surface area contributed by atoms with Crippen molar-refractivity contribution in [1.29, 1.82) is 0 Å². The minimum absolute atomic E-state index is 0.210. The van der Waals surface area contributed by atoms with E-state index in [0.717, 1.165) is 0 Å². The van der Waals surface area contributed by atoms with Crippen molar-refractivity contribution < 1.29 is 9.47 Å². The van der Waals surface area contributed by atoms with Crippen molar-refractivity contribution >= 4 is 11.3 Å². The molecular weight excluding hydrogens is 318 g/mol. The molecule has 0 atom stereocenters. The molecule has 2 heterocycles. The van der Waals surface area contributed by atoms with E-state index in [9.17, 15) is 4.79 Å². The van der Waals surface area contributed by atoms with E-state index in [-0.39, 0.29) is 12.3 Å². The number of hydrogen-bond donors (Lipinski definition) is 0. The van der Waals surface area contributed by atoms with Crippen LogP contribution >= 0.6 is 11.3 Å². The van der Waals surface area contributed by atoms with Crippen LogP contribution < -0.4 is 15.2 Å². The maximum atomic E-state index is 12.1. The maximum absolute atomic E-state index is 12.1. The van der Waals surface area contributed by atoms with Gasteiger partial charge in [0.15, 0.2) is 0 Å². The summed E-state index contributed by atoms with van der Waals surface area (Å²) in [5.74, 6) is 0.638. The molecule has 0 radical (unpaired) electrons. The third kappa shape index (κ3) is 3.09. The zero-order chi connectivity index (χ0) is 16.2. The molecule has 0 amide bonds. The number of nitrogens with zero attached hydrogens (tertiary/aromatic N) is 5. The van der Waals surface area contributed by atoms with Gasteiger partial charge in [0.05, 0.1) is 17.9 Å². The highest BCUT2D eigenvalue weighted by atomic mass is 32.1. The molecule has 0 bridgehead atoms. The van der Waals surface area contributed by atoms with Crippen LogP contribution in [0.2, 0.25) is 0 Å². The van der Waals surface area contributed by atoms with Crippen molar-refractivity contribution in [2.24, 2.45) is 7.05 Å². The van der Waals surface area contributed by atoms with Gasteiger partial charge in [-0.25, -0.2) is 9.78 Å². The molecule has 8 nitrogen and oxygen atoms in total. The molecule has 23 heavy (non-hydrogen) atoms. The lowest BCUT2D eigenvalue weighted by molar-refractivity contribution is 0.284. The zero-order valence-electron chi connectivity index (χ0n) is 12.7. The average Bonchev–Trinajstić information content (AvgIpc) is 3.18. The summed E-state index contributed by atoms with van der Waals surface area (Å²) in [5.41, 5.74) is 0.951. The van der Waals surface area contributed by atoms with Gasteiger partial charge in [0, 0.05) is 18.6 Å². The first-order valence-corrected chi connectivity index (χ1v) is 7.85. The Balaban J connectivity index is 2.02. The molecular formula is C14H15N5O3S. The van der Waals surface area contributed by atoms with E-state index in [1.54, 1.807) is 25.4 Å². The number of benzene rings is 1. The lowest BCUT2D eigenvalue weighted by atomic mass is 10.1. The summed E-state index contributed by atoms with van der Waals surface area (Å²) in [6, 6.07) is 5.41. The summed E-state index contributed by atoms with van der Waals surface area (Å²) in [7, 11) is 1.55. The Labute approximate surface area is 135 Å². The molecule has 3 rings (SSSR count). The second-order valence-electron chi connectivity index (χ2n) is 4.57. The smallest absolute Gasteiger partial charge is 0.368 e. The van der Waals surface area contributed by atoms with E-state index < -0.39 is 0 Å². The Morgan fingerprint density at radius 1 is 1.26 bits per heavy atom. The van der Waals surface area contributed by atoms with E-state index in [1.807, 2.05) is 18.4 Å². The molecule has 0 unspecified atom stereocenters. The van der Waals surface area contributed by atoms with E-state index in [2.05, 4.69) is 15.4 Å². The van der Waals surface area contributed by atoms with Gasteiger partial charge in [-0.3, -0.25) is 0 Å². The number of aromatic nitrogens is 5. The topological polar surface area (TPSA) is 84.1 Å². The summed E-state index contributed by atoms with van der Waals surface area (Å²) in [6.07, 6.45) is 1.67. The fraction of sp³-hybridized carbons (Fsp3) is 0.286. The Bertz CT molecular complexity index is 840. The summed E-state index contributed by atoms with van der Waals surface area (Å²) in [4.78, 5) is 16.2. The van der Waals surface area contributed by atoms with Gasteiger partial charge in [-0.1, -0.05) is 17.4 Å². The van der Waals surface area contributed by atoms with Crippen LogP contribution in [0.25, 0.3) is 5.69 Å². The summed E-state index contributed by atoms with van der Waals surface area (Å²) >= 11 is 1.40. The Kier molecular flexibility index (Phi) is 4.38. The molecule has 0 aliphatic rings. The lowest BCUT2D eigenvalue weighted by Gasteiger charge is -2.14. The van der Waals surface area contributed by atoms with E-state index in [4.69, 9.17) is 9.47 Å². The summed E-state index contributed by atoms with van der Waals surface area (Å²) in [6.45, 7) is 2.61. The van der Waals surface area contributed by atoms with Gasteiger partial charge >= 0.3 is 5.69 Å². The minimum atomic E-state index is -0.339. The molecule has 3 aromatic rings. The van der Waals surface area contributed by atoms with Gasteiger partial charge in [-0.2, -0.15) is 9.36 Å². The predicted octanol–water partition coefficient (Wildman–Crippen LogP) is 1.40. The molecule has 0 aliphatic heterocycles. The third-order valence-corrected chi connectivity index (χ3v) is 3.79. The quantitative estimate of drug-likeness (QED) is 0.678. The first kappa shape index (κ1) is 15.2. The molecule has 0 saturated heterocycles. The van der Waals surface area contributed by atoms with Crippen LogP contribution in [0, 0.1) is 0 Å². The van der Waals surface area contributed by atoms with Crippen molar-refractivity contribution in [1.82, 2.24) is 24.8 Å². The number of rotatable bonds is 6. The fourth-order valence-electron chi connectivity index (χ4n) is 2.07. The molecule has 0 aliphatic carbocycles. The second-order valence-corrected chi connectivity index (χ2v) is 5.43. The fourth-order valence-corrected chi connectivity index (χ4v) is 2.56. The largest absolute Gasteiger partial charge is 0.493 e. The number of thiazole rings is 1. The normalized spacial score (nSPS) is 10.7. The maximum Gasteiger partial charge on any atom is 0.368 e. The number of ether oxygens (including phenoxy) is 2. The highest BCUT2D eigenvalue weighted by molar-refractivity contribution is 7.11. The molecule has 9 heteroatoms. The SMILES string of the molecule is CCOc1cccc(-n2nnn(C)c2=O)c1COc1nccs1. The zero-order valence-corrected chi connectivity index (χ0v) is 13.5. The first-order valence-electron chi connectivity index (χ1n) is 6.97. The number of hydrogen-bond acceptors (Lipinski definition) is 7. The molecule has 0 spiro atoms. The second kappa shape index (κ2) is 6.61. The lowest BCUT2D eigenvalue weighted by Crippen LogP contribution is -2.23. The van der Waals surface area contributed by atoms with Gasteiger partial charge in [0.1, 0.15) is 12.4 Å². The molecule has 0 saturated carbocycles. The van der Waals surface area contributed by atoms with Crippen LogP contribution in [0.15, 0.2) is 34.6 Å². The van der Waals surface area contributed by atoms with Crippen molar-refractivity contribution in [2.75, 3.05) is 6.61 Å². The molecule has 1 aromatic carbocycles. The van der Waals surface area contributed by atoms with Crippen molar-refractivity contribution in [3.05, 3.63) is 45.8 Å². The van der Waals surface area contributed by atoms with Crippen LogP contribution in [0.4, 0.5) is 0 Å². The Morgan fingerprint density at radius 3 is 2.78 bits per heavy atom. The van der Waals surface area contributed by atoms with Crippen molar-refractivity contribution in [2.45, 2.75) is 13.5 Å². The average molecular weight is 333 g/mol. The van der Waals surface area contributed by atoms with Crippen LogP contribution in [-0.2, 0) is 13.7 Å². The van der Waals surface area contributed by atoms with E-state index in [0.29, 0.717) is 28.8 Å². The van der Waals surface area contributed by atoms with Crippen molar-refractivity contribution in [3.63, 3.8) is 0 Å². The van der Waals surface area contributed by atoms with Crippen LogP contribution in [0.5, 0.6) is 10.9 Å². The Hall–Kier alpha value is -2.68. The highest BCUT2D eigenvalue weighted by Gasteiger charge is 2.16. The number of aryl methyl sites for hydroxylation is 1. The molecule has 120 valence electrons. The van der Waals surface area contributed by atoms with Gasteiger partial charge < -0.3 is 9.47 Å². The first-order chi connectivity index (χ1) is 11.2. The minimum Gasteiger partial charge on any atom is -0.493 e. The van der Waals surface area contributed by atoms with Crippen molar-refractivity contribution in [3.8, 4) is 16.6 Å². The van der Waals surface area contributed by atoms with Gasteiger partial charge in [0.2, 0.25) is 0 Å². The highest BCUT2D eigenvalue weighted by Crippen LogP contribution is 2.26. The standard InChI is InChI=1S/C14H15N5O3S/c1-3-21-12-6-4-5-11(19-14(20)18(2)16-17-19)10(12)9-22-13-15-7-8-23-13/h4-8H,3,9H2,1-2H3. The van der Waals surface area contributed by atoms with Crippen LogP contribution in [-0.4, -0.2) is 31.4 Å². The third-order valence-electron chi connectivity index (χ3n) is 3.11. The van der Waals surface area contributed by atoms with Gasteiger partial charge in [-0.15, -0.1) is 0 Å². The summed E-state index contributed by atoms with van der Waals surface area (Å²) in [5, 5.41) is 10.0. The monoisotopic (exact) mass is 333 g/mol. The van der Waals surface area contributed by atoms with Gasteiger partial charge in [-0.05, 0) is 29.5 Å². The van der Waals surface area contributed by atoms with Gasteiger partial charge in [0.25, 0.3) is 5.19 Å². The molecule has 0 N–H and O–H groups in total. The number of tetrazole rings is 1. The predicted molar refractivity (Wildman–Crippen MR) is 84.2 cm³/mol. The Morgan fingerprint density at radius 2 is 2.13 bits per heavy atom. The van der Waals surface area contributed by atoms with E-state index >= 15 is 0 Å².